The van der Waals surface area contributed by atoms with Crippen molar-refractivity contribution in [3.63, 3.8) is 0 Å². The fourth-order valence-corrected chi connectivity index (χ4v) is 9.29. The molecular weight excluding hydrogens is 717 g/mol. The summed E-state index contributed by atoms with van der Waals surface area (Å²) in [6.07, 6.45) is 0. The average molecular weight is 753 g/mol. The lowest BCUT2D eigenvalue weighted by Gasteiger charge is -2.27. The highest BCUT2D eigenvalue weighted by Crippen LogP contribution is 2.48. The van der Waals surface area contributed by atoms with Crippen LogP contribution in [0.2, 0.25) is 0 Å². The smallest absolute Gasteiger partial charge is 0.159 e. The Morgan fingerprint density at radius 3 is 1.86 bits per heavy atom. The van der Waals surface area contributed by atoms with Crippen LogP contribution < -0.4 is 4.90 Å². The van der Waals surface area contributed by atoms with Crippen molar-refractivity contribution in [2.75, 3.05) is 4.90 Å². The molecule has 0 fully saturated rings. The summed E-state index contributed by atoms with van der Waals surface area (Å²) in [7, 11) is 0. The maximum atomic E-state index is 6.77. The van der Waals surface area contributed by atoms with Crippen LogP contribution in [0.3, 0.4) is 0 Å². The summed E-state index contributed by atoms with van der Waals surface area (Å²) >= 11 is 0. The standard InChI is InChI=1S/C56H36N2O/c1-2-16-40(17-3-1)54-44-19-7-6-15-39(44)32-35-51(54)58-48-23-10-8-21-47(48)55-49(24-13-25-50(55)58)57(52-26-12-22-46-45-20-9-11-27-53(45)59-56(46)52)43-33-30-38(31-34-43)42-29-28-37-14-4-5-18-41(37)36-42/h1-36H. The van der Waals surface area contributed by atoms with Gasteiger partial charge in [-0.2, -0.15) is 0 Å². The van der Waals surface area contributed by atoms with Crippen molar-refractivity contribution in [1.82, 2.24) is 4.57 Å². The Morgan fingerprint density at radius 1 is 0.373 bits per heavy atom. The molecule has 0 radical (unpaired) electrons. The maximum absolute atomic E-state index is 6.77. The molecular formula is C56H36N2O. The summed E-state index contributed by atoms with van der Waals surface area (Å²) < 4.78 is 9.24. The number of furan rings is 1. The van der Waals surface area contributed by atoms with Crippen LogP contribution in [-0.4, -0.2) is 4.57 Å². The lowest BCUT2D eigenvalue weighted by molar-refractivity contribution is 0.669. The molecule has 0 saturated heterocycles. The summed E-state index contributed by atoms with van der Waals surface area (Å²) in [5.41, 5.74) is 13.0. The molecule has 3 heteroatoms. The van der Waals surface area contributed by atoms with Gasteiger partial charge in [-0.1, -0.05) is 164 Å². The molecule has 12 rings (SSSR count). The molecule has 0 N–H and O–H groups in total. The van der Waals surface area contributed by atoms with Crippen molar-refractivity contribution in [1.29, 1.82) is 0 Å². The van der Waals surface area contributed by atoms with E-state index in [1.54, 1.807) is 0 Å². The largest absolute Gasteiger partial charge is 0.454 e. The van der Waals surface area contributed by atoms with Crippen LogP contribution in [0.4, 0.5) is 17.1 Å². The topological polar surface area (TPSA) is 21.3 Å². The zero-order valence-corrected chi connectivity index (χ0v) is 32.1. The van der Waals surface area contributed by atoms with Crippen molar-refractivity contribution in [3.8, 4) is 27.9 Å². The minimum atomic E-state index is 0.856. The first-order valence-electron chi connectivity index (χ1n) is 20.2. The monoisotopic (exact) mass is 752 g/mol. The quantitative estimate of drug-likeness (QED) is 0.169. The highest BCUT2D eigenvalue weighted by molar-refractivity contribution is 6.19. The van der Waals surface area contributed by atoms with E-state index >= 15 is 0 Å². The molecule has 59 heavy (non-hydrogen) atoms. The Hall–Kier alpha value is -7.88. The first kappa shape index (κ1) is 33.3. The van der Waals surface area contributed by atoms with Gasteiger partial charge in [-0.25, -0.2) is 0 Å². The highest BCUT2D eigenvalue weighted by atomic mass is 16.3. The third-order valence-electron chi connectivity index (χ3n) is 12.0. The van der Waals surface area contributed by atoms with Gasteiger partial charge in [0.1, 0.15) is 5.58 Å². The first-order chi connectivity index (χ1) is 29.3. The van der Waals surface area contributed by atoms with Crippen LogP contribution in [-0.2, 0) is 0 Å². The third kappa shape index (κ3) is 5.29. The molecule has 2 aromatic heterocycles. The first-order valence-corrected chi connectivity index (χ1v) is 20.2. The molecule has 0 saturated carbocycles. The van der Waals surface area contributed by atoms with Crippen LogP contribution in [0.15, 0.2) is 223 Å². The molecule has 3 nitrogen and oxygen atoms in total. The van der Waals surface area contributed by atoms with Gasteiger partial charge in [-0.05, 0) is 92.8 Å². The van der Waals surface area contributed by atoms with E-state index in [0.717, 1.165) is 55.7 Å². The highest BCUT2D eigenvalue weighted by Gasteiger charge is 2.25. The van der Waals surface area contributed by atoms with Crippen LogP contribution in [0.5, 0.6) is 0 Å². The van der Waals surface area contributed by atoms with Crippen molar-refractivity contribution in [3.05, 3.63) is 218 Å². The molecule has 0 spiro atoms. The molecule has 0 unspecified atom stereocenters. The fourth-order valence-electron chi connectivity index (χ4n) is 9.29. The van der Waals surface area contributed by atoms with Gasteiger partial charge in [-0.15, -0.1) is 0 Å². The van der Waals surface area contributed by atoms with Gasteiger partial charge in [0.25, 0.3) is 0 Å². The van der Waals surface area contributed by atoms with E-state index in [9.17, 15) is 0 Å². The SMILES string of the molecule is c1ccc(-c2c(-n3c4ccccc4c4c(N(c5ccc(-c6ccc7ccccc7c6)cc5)c5cccc6c5oc5ccccc56)cccc43)ccc3ccccc23)cc1. The van der Waals surface area contributed by atoms with Gasteiger partial charge < -0.3 is 13.9 Å². The Balaban J connectivity index is 1.13. The van der Waals surface area contributed by atoms with Gasteiger partial charge in [0.15, 0.2) is 5.58 Å². The van der Waals surface area contributed by atoms with E-state index in [0.29, 0.717) is 0 Å². The molecule has 2 heterocycles. The van der Waals surface area contributed by atoms with Crippen LogP contribution in [0, 0.1) is 0 Å². The molecule has 276 valence electrons. The number of benzene rings is 10. The van der Waals surface area contributed by atoms with Gasteiger partial charge in [0.2, 0.25) is 0 Å². The molecule has 0 aliphatic heterocycles. The van der Waals surface area contributed by atoms with E-state index < -0.39 is 0 Å². The number of fused-ring (bicyclic) bond motifs is 8. The predicted molar refractivity (Wildman–Crippen MR) is 249 cm³/mol. The van der Waals surface area contributed by atoms with E-state index in [1.165, 1.54) is 54.6 Å². The second-order valence-electron chi connectivity index (χ2n) is 15.3. The molecule has 0 aliphatic carbocycles. The number of hydrogen-bond acceptors (Lipinski definition) is 2. The van der Waals surface area contributed by atoms with E-state index in [4.69, 9.17) is 4.42 Å². The average Bonchev–Trinajstić information content (AvgIpc) is 3.86. The number of rotatable bonds is 6. The molecule has 0 atom stereocenters. The van der Waals surface area contributed by atoms with E-state index in [1.807, 2.05) is 6.07 Å². The zero-order valence-electron chi connectivity index (χ0n) is 32.1. The Morgan fingerprint density at radius 2 is 1.00 bits per heavy atom. The summed E-state index contributed by atoms with van der Waals surface area (Å²) in [5, 5.41) is 9.46. The van der Waals surface area contributed by atoms with Crippen molar-refractivity contribution < 1.29 is 4.42 Å². The molecule has 0 bridgehead atoms. The second-order valence-corrected chi connectivity index (χ2v) is 15.3. The summed E-state index contributed by atoms with van der Waals surface area (Å²) in [5.74, 6) is 0. The number of hydrogen-bond donors (Lipinski definition) is 0. The van der Waals surface area contributed by atoms with E-state index in [2.05, 4.69) is 222 Å². The van der Waals surface area contributed by atoms with Crippen LogP contribution in [0.25, 0.3) is 93.2 Å². The minimum Gasteiger partial charge on any atom is -0.454 e. The number of aromatic nitrogens is 1. The molecule has 10 aromatic carbocycles. The number of para-hydroxylation sites is 3. The lowest BCUT2D eigenvalue weighted by Crippen LogP contribution is -2.10. The minimum absolute atomic E-state index is 0.856. The zero-order chi connectivity index (χ0) is 38.9. The Kier molecular flexibility index (Phi) is 7.54. The summed E-state index contributed by atoms with van der Waals surface area (Å²) in [6, 6.07) is 78.7. The van der Waals surface area contributed by atoms with Gasteiger partial charge in [-0.3, -0.25) is 0 Å². The van der Waals surface area contributed by atoms with Crippen molar-refractivity contribution in [2.45, 2.75) is 0 Å². The van der Waals surface area contributed by atoms with Gasteiger partial charge in [0.05, 0.1) is 28.1 Å². The van der Waals surface area contributed by atoms with Gasteiger partial charge in [0, 0.05) is 32.8 Å². The predicted octanol–water partition coefficient (Wildman–Crippen LogP) is 15.8. The molecule has 0 aliphatic rings. The Bertz CT molecular complexity index is 3560. The molecule has 12 aromatic rings. The van der Waals surface area contributed by atoms with Crippen LogP contribution in [0.1, 0.15) is 0 Å². The Labute approximate surface area is 341 Å². The fraction of sp³-hybridized carbons (Fsp3) is 0. The lowest BCUT2D eigenvalue weighted by atomic mass is 9.96. The third-order valence-corrected chi connectivity index (χ3v) is 12.0. The second kappa shape index (κ2) is 13.4. The van der Waals surface area contributed by atoms with Gasteiger partial charge >= 0.3 is 0 Å². The summed E-state index contributed by atoms with van der Waals surface area (Å²) in [4.78, 5) is 2.40. The van der Waals surface area contributed by atoms with Crippen molar-refractivity contribution >= 4 is 82.4 Å². The number of nitrogens with zero attached hydrogens (tertiary/aromatic N) is 2. The normalized spacial score (nSPS) is 11.7. The maximum Gasteiger partial charge on any atom is 0.159 e. The van der Waals surface area contributed by atoms with E-state index in [-0.39, 0.29) is 0 Å². The molecule has 0 amide bonds. The summed E-state index contributed by atoms with van der Waals surface area (Å²) in [6.45, 7) is 0. The number of anilines is 3. The van der Waals surface area contributed by atoms with Crippen molar-refractivity contribution in [2.24, 2.45) is 0 Å². The van der Waals surface area contributed by atoms with Crippen LogP contribution >= 0.6 is 0 Å².